The van der Waals surface area contributed by atoms with E-state index in [1.807, 2.05) is 0 Å². The smallest absolute Gasteiger partial charge is 0.434 e. The summed E-state index contributed by atoms with van der Waals surface area (Å²) in [6.45, 7) is 0. The third kappa shape index (κ3) is 3.94. The second-order valence-electron chi connectivity index (χ2n) is 5.79. The lowest BCUT2D eigenvalue weighted by Gasteiger charge is -2.14. The van der Waals surface area contributed by atoms with Gasteiger partial charge in [-0.1, -0.05) is 0 Å². The Labute approximate surface area is 171 Å². The monoisotopic (exact) mass is 438 g/mol. The number of aromatic nitrogens is 3. The molecule has 0 aliphatic rings. The van der Waals surface area contributed by atoms with E-state index in [0.29, 0.717) is 11.3 Å². The highest BCUT2D eigenvalue weighted by atomic mass is 32.1. The predicted molar refractivity (Wildman–Crippen MR) is 101 cm³/mol. The highest BCUT2D eigenvalue weighted by Gasteiger charge is 2.35. The van der Waals surface area contributed by atoms with E-state index in [-0.39, 0.29) is 38.6 Å². The molecule has 3 heterocycles. The first-order valence-corrected chi connectivity index (χ1v) is 8.99. The van der Waals surface area contributed by atoms with Crippen LogP contribution in [0.2, 0.25) is 0 Å². The second kappa shape index (κ2) is 8.06. The van der Waals surface area contributed by atoms with Crippen molar-refractivity contribution in [3.05, 3.63) is 46.9 Å². The molecule has 0 amide bonds. The summed E-state index contributed by atoms with van der Waals surface area (Å²) in [4.78, 5) is 35.7. The van der Waals surface area contributed by atoms with Crippen LogP contribution in [0.15, 0.2) is 30.0 Å². The maximum Gasteiger partial charge on any atom is 0.434 e. The van der Waals surface area contributed by atoms with E-state index in [1.165, 1.54) is 31.8 Å². The summed E-state index contributed by atoms with van der Waals surface area (Å²) in [5, 5.41) is 0.690. The second-order valence-corrected chi connectivity index (χ2v) is 6.65. The molecule has 12 heteroatoms. The number of methoxy groups -OCH3 is 2. The fraction of sp³-hybridized carbons (Fsp3) is 0.167. The predicted octanol–water partition coefficient (Wildman–Crippen LogP) is 3.44. The van der Waals surface area contributed by atoms with E-state index >= 15 is 0 Å². The summed E-state index contributed by atoms with van der Waals surface area (Å²) in [7, 11) is 2.29. The number of carbonyl (C=O) groups is 2. The summed E-state index contributed by atoms with van der Waals surface area (Å²) in [6.07, 6.45) is -0.816. The van der Waals surface area contributed by atoms with Crippen molar-refractivity contribution >= 4 is 29.1 Å². The lowest BCUT2D eigenvalue weighted by atomic mass is 9.98. The number of thiazole rings is 1. The number of ether oxygens (including phenoxy) is 2. The Kier molecular flexibility index (Phi) is 5.69. The number of hydrogen-bond donors (Lipinski definition) is 1. The molecule has 3 aromatic rings. The Balaban J connectivity index is 2.31. The average Bonchev–Trinajstić information content (AvgIpc) is 3.23. The van der Waals surface area contributed by atoms with Crippen molar-refractivity contribution in [3.8, 4) is 21.7 Å². The molecule has 0 saturated carbocycles. The van der Waals surface area contributed by atoms with Gasteiger partial charge in [0.2, 0.25) is 0 Å². The van der Waals surface area contributed by atoms with Gasteiger partial charge in [0.25, 0.3) is 0 Å². The van der Waals surface area contributed by atoms with E-state index in [9.17, 15) is 22.8 Å². The van der Waals surface area contributed by atoms with Crippen LogP contribution in [0.4, 0.5) is 19.0 Å². The van der Waals surface area contributed by atoms with Crippen LogP contribution in [0, 0.1) is 0 Å². The largest absolute Gasteiger partial charge is 0.465 e. The Morgan fingerprint density at radius 2 is 1.80 bits per heavy atom. The van der Waals surface area contributed by atoms with Gasteiger partial charge < -0.3 is 15.2 Å². The molecule has 0 atom stereocenters. The topological polar surface area (TPSA) is 117 Å². The molecule has 0 aliphatic carbocycles. The van der Waals surface area contributed by atoms with Crippen molar-refractivity contribution in [3.63, 3.8) is 0 Å². The fourth-order valence-corrected chi connectivity index (χ4v) is 3.50. The van der Waals surface area contributed by atoms with Gasteiger partial charge in [0, 0.05) is 40.7 Å². The fourth-order valence-electron chi connectivity index (χ4n) is 2.61. The van der Waals surface area contributed by atoms with E-state index < -0.39 is 23.8 Å². The van der Waals surface area contributed by atoms with Gasteiger partial charge in [-0.2, -0.15) is 13.2 Å². The molecule has 3 aromatic heterocycles. The minimum atomic E-state index is -4.68. The van der Waals surface area contributed by atoms with Crippen molar-refractivity contribution < 1.29 is 32.2 Å². The number of anilines is 1. The third-order valence-electron chi connectivity index (χ3n) is 3.98. The standard InChI is InChI=1S/C18H13F3N4O4S/c1-28-16(26)9-3-8(4-23-5-9)10-6-24-14(22)13(17(27)29-2)12(10)15-25-11(7-30-15)18(19,20)21/h3-7H,1-2H3,(H2,22,24). The van der Waals surface area contributed by atoms with Crippen LogP contribution in [0.1, 0.15) is 26.4 Å². The van der Waals surface area contributed by atoms with E-state index in [0.717, 1.165) is 12.5 Å². The van der Waals surface area contributed by atoms with Crippen molar-refractivity contribution in [1.29, 1.82) is 0 Å². The number of nitrogens with two attached hydrogens (primary N) is 1. The maximum atomic E-state index is 13.1. The van der Waals surface area contributed by atoms with Crippen LogP contribution in [0.25, 0.3) is 21.7 Å². The zero-order chi connectivity index (χ0) is 22.1. The molecular weight excluding hydrogens is 425 g/mol. The SMILES string of the molecule is COC(=O)c1cncc(-c2cnc(N)c(C(=O)OC)c2-c2nc(C(F)(F)F)cs2)c1. The molecular formula is C18H13F3N4O4S. The van der Waals surface area contributed by atoms with Gasteiger partial charge in [0.05, 0.1) is 19.8 Å². The lowest BCUT2D eigenvalue weighted by Crippen LogP contribution is -2.11. The van der Waals surface area contributed by atoms with Crippen LogP contribution >= 0.6 is 11.3 Å². The summed E-state index contributed by atoms with van der Waals surface area (Å²) in [5.74, 6) is -1.82. The minimum Gasteiger partial charge on any atom is -0.465 e. The molecule has 0 aromatic carbocycles. The van der Waals surface area contributed by atoms with Crippen LogP contribution < -0.4 is 5.73 Å². The highest BCUT2D eigenvalue weighted by molar-refractivity contribution is 7.13. The number of nitrogens with zero attached hydrogens (tertiary/aromatic N) is 3. The zero-order valence-electron chi connectivity index (χ0n) is 15.5. The van der Waals surface area contributed by atoms with Gasteiger partial charge >= 0.3 is 18.1 Å². The highest BCUT2D eigenvalue weighted by Crippen LogP contribution is 2.40. The van der Waals surface area contributed by atoms with Crippen molar-refractivity contribution in [2.45, 2.75) is 6.18 Å². The summed E-state index contributed by atoms with van der Waals surface area (Å²) in [6, 6.07) is 1.40. The Morgan fingerprint density at radius 3 is 2.40 bits per heavy atom. The van der Waals surface area contributed by atoms with Crippen LogP contribution in [0.5, 0.6) is 0 Å². The van der Waals surface area contributed by atoms with Crippen molar-refractivity contribution in [2.75, 3.05) is 20.0 Å². The maximum absolute atomic E-state index is 13.1. The lowest BCUT2D eigenvalue weighted by molar-refractivity contribution is -0.140. The average molecular weight is 438 g/mol. The third-order valence-corrected chi connectivity index (χ3v) is 4.84. The molecule has 0 spiro atoms. The molecule has 30 heavy (non-hydrogen) atoms. The normalized spacial score (nSPS) is 11.2. The van der Waals surface area contributed by atoms with Gasteiger partial charge in [-0.05, 0) is 6.07 Å². The van der Waals surface area contributed by atoms with Gasteiger partial charge in [-0.3, -0.25) is 4.98 Å². The molecule has 0 fully saturated rings. The van der Waals surface area contributed by atoms with E-state index in [1.54, 1.807) is 0 Å². The van der Waals surface area contributed by atoms with Crippen LogP contribution in [-0.4, -0.2) is 41.1 Å². The number of halogens is 3. The van der Waals surface area contributed by atoms with Crippen molar-refractivity contribution in [1.82, 2.24) is 15.0 Å². The zero-order valence-corrected chi connectivity index (χ0v) is 16.3. The molecule has 0 saturated heterocycles. The first-order chi connectivity index (χ1) is 14.2. The van der Waals surface area contributed by atoms with Crippen LogP contribution in [0.3, 0.4) is 0 Å². The van der Waals surface area contributed by atoms with E-state index in [2.05, 4.69) is 19.7 Å². The molecule has 3 rings (SSSR count). The number of esters is 2. The number of rotatable bonds is 4. The van der Waals surface area contributed by atoms with Gasteiger partial charge in [0.15, 0.2) is 5.69 Å². The number of hydrogen-bond acceptors (Lipinski definition) is 9. The summed E-state index contributed by atoms with van der Waals surface area (Å²) >= 11 is 0.670. The Bertz CT molecular complexity index is 1130. The van der Waals surface area contributed by atoms with Gasteiger partial charge in [-0.15, -0.1) is 11.3 Å². The van der Waals surface area contributed by atoms with E-state index in [4.69, 9.17) is 10.5 Å². The van der Waals surface area contributed by atoms with Crippen LogP contribution in [-0.2, 0) is 15.7 Å². The molecule has 0 unspecified atom stereocenters. The number of pyridine rings is 2. The summed E-state index contributed by atoms with van der Waals surface area (Å²) < 4.78 is 48.6. The minimum absolute atomic E-state index is 0.0151. The molecule has 156 valence electrons. The number of nitrogen functional groups attached to an aromatic ring is 1. The number of alkyl halides is 3. The summed E-state index contributed by atoms with van der Waals surface area (Å²) in [5.41, 5.74) is 5.00. The molecule has 0 radical (unpaired) electrons. The number of carbonyl (C=O) groups excluding carboxylic acids is 2. The Hall–Kier alpha value is -3.54. The molecule has 8 nitrogen and oxygen atoms in total. The quantitative estimate of drug-likeness (QED) is 0.616. The molecule has 0 aliphatic heterocycles. The van der Waals surface area contributed by atoms with Crippen molar-refractivity contribution in [2.24, 2.45) is 0 Å². The van der Waals surface area contributed by atoms with Gasteiger partial charge in [0.1, 0.15) is 16.4 Å². The van der Waals surface area contributed by atoms with Gasteiger partial charge in [-0.25, -0.2) is 19.6 Å². The molecule has 0 bridgehead atoms. The first kappa shape index (κ1) is 21.2. The first-order valence-electron chi connectivity index (χ1n) is 8.11. The molecule has 2 N–H and O–H groups in total. The Morgan fingerprint density at radius 1 is 1.10 bits per heavy atom.